The molecule has 1 aliphatic carbocycles. The second-order valence-electron chi connectivity index (χ2n) is 7.57. The first kappa shape index (κ1) is 22.3. The van der Waals surface area contributed by atoms with Gasteiger partial charge in [0.1, 0.15) is 12.9 Å². The normalized spacial score (nSPS) is 14.3. The van der Waals surface area contributed by atoms with Gasteiger partial charge in [0.05, 0.1) is 6.61 Å². The topological polar surface area (TPSA) is 76.7 Å². The van der Waals surface area contributed by atoms with E-state index in [1.807, 2.05) is 54.6 Å². The van der Waals surface area contributed by atoms with E-state index in [2.05, 4.69) is 34.7 Å². The predicted octanol–water partition coefficient (Wildman–Crippen LogP) is 5.50. The molecule has 166 valence electrons. The Morgan fingerprint density at radius 3 is 2.12 bits per heavy atom. The highest BCUT2D eigenvalue weighted by atomic mass is 31.2. The van der Waals surface area contributed by atoms with E-state index < -0.39 is 13.6 Å². The number of rotatable bonds is 9. The number of carbonyl (C=O) groups is 1. The van der Waals surface area contributed by atoms with E-state index in [9.17, 15) is 9.36 Å². The van der Waals surface area contributed by atoms with Gasteiger partial charge in [-0.15, -0.1) is 0 Å². The maximum absolute atomic E-state index is 13.1. The summed E-state index contributed by atoms with van der Waals surface area (Å²) in [6.45, 7) is 2.62. The molecule has 0 aromatic heterocycles. The van der Waals surface area contributed by atoms with Crippen molar-refractivity contribution < 1.29 is 18.6 Å². The summed E-state index contributed by atoms with van der Waals surface area (Å²) in [7, 11) is -3.26. The molecular formula is C25H27N2O4P. The van der Waals surface area contributed by atoms with Crippen LogP contribution in [0.1, 0.15) is 29.5 Å². The Kier molecular flexibility index (Phi) is 7.05. The molecule has 32 heavy (non-hydrogen) atoms. The first-order chi connectivity index (χ1) is 15.6. The maximum atomic E-state index is 13.1. The summed E-state index contributed by atoms with van der Waals surface area (Å²) in [5, 5.41) is 5.56. The molecule has 1 atom stereocenters. The fourth-order valence-electron chi connectivity index (χ4n) is 3.98. The highest BCUT2D eigenvalue weighted by Crippen LogP contribution is 2.44. The Morgan fingerprint density at radius 2 is 1.50 bits per heavy atom. The molecule has 0 saturated heterocycles. The minimum absolute atomic E-state index is 0.0250. The van der Waals surface area contributed by atoms with Gasteiger partial charge in [0.2, 0.25) is 0 Å². The quantitative estimate of drug-likeness (QED) is 0.421. The van der Waals surface area contributed by atoms with Crippen molar-refractivity contribution in [2.24, 2.45) is 0 Å². The lowest BCUT2D eigenvalue weighted by atomic mass is 9.98. The van der Waals surface area contributed by atoms with Crippen LogP contribution in [0.4, 0.5) is 4.79 Å². The molecule has 3 aromatic rings. The highest BCUT2D eigenvalue weighted by Gasteiger charge is 2.29. The molecule has 4 rings (SSSR count). The Balaban J connectivity index is 1.35. The summed E-state index contributed by atoms with van der Waals surface area (Å²) < 4.78 is 24.0. The zero-order valence-corrected chi connectivity index (χ0v) is 18.9. The van der Waals surface area contributed by atoms with Crippen LogP contribution in [0.5, 0.6) is 0 Å². The molecule has 0 bridgehead atoms. The lowest BCUT2D eigenvalue weighted by molar-refractivity contribution is 0.144. The number of fused-ring (bicyclic) bond motifs is 3. The lowest BCUT2D eigenvalue weighted by Crippen LogP contribution is -2.30. The predicted molar refractivity (Wildman–Crippen MR) is 126 cm³/mol. The van der Waals surface area contributed by atoms with Gasteiger partial charge in [0.25, 0.3) is 7.52 Å². The van der Waals surface area contributed by atoms with Gasteiger partial charge in [-0.1, -0.05) is 78.9 Å². The van der Waals surface area contributed by atoms with Gasteiger partial charge >= 0.3 is 6.09 Å². The maximum Gasteiger partial charge on any atom is 0.407 e. The average Bonchev–Trinajstić information content (AvgIpc) is 3.15. The molecule has 0 aliphatic heterocycles. The SMILES string of the molecule is CCOP(=O)(CNC(=O)OCC1c2ccccc2-c2ccccc21)NCc1ccccc1. The van der Waals surface area contributed by atoms with Gasteiger partial charge in [0, 0.05) is 12.5 Å². The molecule has 0 fully saturated rings. The van der Waals surface area contributed by atoms with Crippen molar-refractivity contribution in [1.82, 2.24) is 10.4 Å². The van der Waals surface area contributed by atoms with Crippen LogP contribution in [0.2, 0.25) is 0 Å². The Labute approximate surface area is 188 Å². The third kappa shape index (κ3) is 5.10. The summed E-state index contributed by atoms with van der Waals surface area (Å²) in [5.74, 6) is -0.0250. The Morgan fingerprint density at radius 1 is 0.906 bits per heavy atom. The minimum atomic E-state index is -3.26. The summed E-state index contributed by atoms with van der Waals surface area (Å²) in [6, 6.07) is 25.9. The summed E-state index contributed by atoms with van der Waals surface area (Å²) in [5.41, 5.74) is 5.61. The molecule has 7 heteroatoms. The second kappa shape index (κ2) is 10.1. The summed E-state index contributed by atoms with van der Waals surface area (Å²) in [6.07, 6.45) is -0.766. The van der Waals surface area contributed by atoms with Crippen LogP contribution in [0, 0.1) is 0 Å². The molecule has 2 N–H and O–H groups in total. The van der Waals surface area contributed by atoms with Gasteiger partial charge in [-0.05, 0) is 34.7 Å². The number of nitrogens with one attached hydrogen (secondary N) is 2. The van der Waals surface area contributed by atoms with E-state index in [0.29, 0.717) is 6.54 Å². The third-order valence-electron chi connectivity index (χ3n) is 5.48. The molecule has 1 unspecified atom stereocenters. The molecule has 0 radical (unpaired) electrons. The molecule has 0 spiro atoms. The smallest absolute Gasteiger partial charge is 0.407 e. The summed E-state index contributed by atoms with van der Waals surface area (Å²) in [4.78, 5) is 12.4. The largest absolute Gasteiger partial charge is 0.449 e. The Bertz CT molecular complexity index is 1070. The van der Waals surface area contributed by atoms with Gasteiger partial charge in [-0.3, -0.25) is 4.57 Å². The number of ether oxygens (including phenoxy) is 1. The van der Waals surface area contributed by atoms with E-state index in [1.54, 1.807) is 6.92 Å². The Hall–Kier alpha value is -2.92. The van der Waals surface area contributed by atoms with Crippen LogP contribution in [0.25, 0.3) is 11.1 Å². The van der Waals surface area contributed by atoms with E-state index in [4.69, 9.17) is 9.26 Å². The number of amides is 1. The molecule has 1 aliphatic rings. The number of hydrogen-bond acceptors (Lipinski definition) is 4. The van der Waals surface area contributed by atoms with Gasteiger partial charge in [0.15, 0.2) is 0 Å². The van der Waals surface area contributed by atoms with Crippen molar-refractivity contribution in [3.8, 4) is 11.1 Å². The zero-order valence-electron chi connectivity index (χ0n) is 18.0. The van der Waals surface area contributed by atoms with Crippen molar-refractivity contribution in [1.29, 1.82) is 0 Å². The first-order valence-corrected chi connectivity index (χ1v) is 12.5. The number of benzene rings is 3. The van der Waals surface area contributed by atoms with Crippen molar-refractivity contribution in [3.63, 3.8) is 0 Å². The van der Waals surface area contributed by atoms with Gasteiger partial charge in [-0.2, -0.15) is 0 Å². The van der Waals surface area contributed by atoms with Crippen LogP contribution >= 0.6 is 7.52 Å². The van der Waals surface area contributed by atoms with Crippen molar-refractivity contribution in [3.05, 3.63) is 95.6 Å². The highest BCUT2D eigenvalue weighted by molar-refractivity contribution is 7.56. The van der Waals surface area contributed by atoms with Crippen LogP contribution < -0.4 is 10.4 Å². The fourth-order valence-corrected chi connectivity index (χ4v) is 5.45. The van der Waals surface area contributed by atoms with Crippen LogP contribution in [-0.2, 0) is 20.4 Å². The number of hydrogen-bond donors (Lipinski definition) is 2. The van der Waals surface area contributed by atoms with E-state index >= 15 is 0 Å². The van der Waals surface area contributed by atoms with E-state index in [-0.39, 0.29) is 25.4 Å². The number of carbonyl (C=O) groups excluding carboxylic acids is 1. The summed E-state index contributed by atoms with van der Waals surface area (Å²) >= 11 is 0. The molecular weight excluding hydrogens is 423 g/mol. The number of alkyl carbamates (subject to hydrolysis) is 1. The first-order valence-electron chi connectivity index (χ1n) is 10.7. The van der Waals surface area contributed by atoms with Crippen LogP contribution in [0.15, 0.2) is 78.9 Å². The fraction of sp³-hybridized carbons (Fsp3) is 0.240. The van der Waals surface area contributed by atoms with Crippen molar-refractivity contribution in [2.75, 3.05) is 19.5 Å². The average molecular weight is 450 g/mol. The second-order valence-corrected chi connectivity index (χ2v) is 9.81. The van der Waals surface area contributed by atoms with Crippen molar-refractivity contribution >= 4 is 13.6 Å². The standard InChI is InChI=1S/C25H27N2O4P/c1-2-31-32(29,27-16-19-10-4-3-5-11-19)18-26-25(28)30-17-24-22-14-8-6-12-20(22)21-13-7-9-15-23(21)24/h3-15,24H,2,16-18H2,1H3,(H,26,28)(H,27,29). The molecule has 1 amide bonds. The van der Waals surface area contributed by atoms with Crippen LogP contribution in [0.3, 0.4) is 0 Å². The van der Waals surface area contributed by atoms with E-state index in [1.165, 1.54) is 11.1 Å². The van der Waals surface area contributed by atoms with Crippen molar-refractivity contribution in [2.45, 2.75) is 19.4 Å². The monoisotopic (exact) mass is 450 g/mol. The molecule has 3 aromatic carbocycles. The molecule has 0 saturated carbocycles. The molecule has 0 heterocycles. The zero-order chi connectivity index (χ0) is 22.4. The van der Waals surface area contributed by atoms with E-state index in [0.717, 1.165) is 16.7 Å². The van der Waals surface area contributed by atoms with Gasteiger partial charge < -0.3 is 14.6 Å². The minimum Gasteiger partial charge on any atom is -0.449 e. The van der Waals surface area contributed by atoms with Crippen LogP contribution in [-0.4, -0.2) is 25.6 Å². The lowest BCUT2D eigenvalue weighted by Gasteiger charge is -2.20. The third-order valence-corrected chi connectivity index (χ3v) is 7.37. The van der Waals surface area contributed by atoms with Gasteiger partial charge in [-0.25, -0.2) is 9.88 Å². The molecule has 6 nitrogen and oxygen atoms in total.